The standard InChI is InChI=1S/C19H20O5/c1-19(2)11-13-5-4-6-16(18(13)24-19)22-12-17(20)23-15-9-7-14(21-3)8-10-15/h4-10H,11-12H2,1-3H3. The van der Waals surface area contributed by atoms with Gasteiger partial charge in [0.05, 0.1) is 7.11 Å². The Morgan fingerprint density at radius 3 is 2.54 bits per heavy atom. The number of ether oxygens (including phenoxy) is 4. The second-order valence-corrected chi connectivity index (χ2v) is 6.22. The van der Waals surface area contributed by atoms with Crippen molar-refractivity contribution < 1.29 is 23.7 Å². The molecule has 24 heavy (non-hydrogen) atoms. The first-order chi connectivity index (χ1) is 11.5. The van der Waals surface area contributed by atoms with Gasteiger partial charge in [0, 0.05) is 12.0 Å². The van der Waals surface area contributed by atoms with E-state index in [1.807, 2.05) is 26.0 Å². The van der Waals surface area contributed by atoms with Gasteiger partial charge < -0.3 is 18.9 Å². The Morgan fingerprint density at radius 1 is 1.12 bits per heavy atom. The molecule has 3 rings (SSSR count). The quantitative estimate of drug-likeness (QED) is 0.622. The summed E-state index contributed by atoms with van der Waals surface area (Å²) >= 11 is 0. The van der Waals surface area contributed by atoms with E-state index in [0.29, 0.717) is 23.0 Å². The topological polar surface area (TPSA) is 54.0 Å². The van der Waals surface area contributed by atoms with Crippen molar-refractivity contribution in [3.63, 3.8) is 0 Å². The lowest BCUT2D eigenvalue weighted by molar-refractivity contribution is -0.136. The zero-order valence-electron chi connectivity index (χ0n) is 14.0. The van der Waals surface area contributed by atoms with Gasteiger partial charge in [0.2, 0.25) is 0 Å². The van der Waals surface area contributed by atoms with E-state index in [0.717, 1.165) is 12.0 Å². The monoisotopic (exact) mass is 328 g/mol. The maximum Gasteiger partial charge on any atom is 0.349 e. The molecule has 0 N–H and O–H groups in total. The summed E-state index contributed by atoms with van der Waals surface area (Å²) in [6.07, 6.45) is 0.815. The maximum atomic E-state index is 11.9. The number of carbonyl (C=O) groups excluding carboxylic acids is 1. The third-order valence-electron chi connectivity index (χ3n) is 3.69. The summed E-state index contributed by atoms with van der Waals surface area (Å²) in [5, 5.41) is 0. The Hall–Kier alpha value is -2.69. The van der Waals surface area contributed by atoms with Crippen LogP contribution in [0.25, 0.3) is 0 Å². The Kier molecular flexibility index (Phi) is 4.34. The minimum Gasteiger partial charge on any atom is -0.497 e. The second-order valence-electron chi connectivity index (χ2n) is 6.22. The Bertz CT molecular complexity index is 734. The molecule has 5 heteroatoms. The van der Waals surface area contributed by atoms with Gasteiger partial charge in [0.1, 0.15) is 17.1 Å². The average Bonchev–Trinajstić information content (AvgIpc) is 2.88. The number of fused-ring (bicyclic) bond motifs is 1. The van der Waals surface area contributed by atoms with Gasteiger partial charge >= 0.3 is 5.97 Å². The van der Waals surface area contributed by atoms with Crippen molar-refractivity contribution in [2.24, 2.45) is 0 Å². The van der Waals surface area contributed by atoms with Gasteiger partial charge in [-0.15, -0.1) is 0 Å². The number of carbonyl (C=O) groups is 1. The molecule has 1 aliphatic rings. The molecular formula is C19H20O5. The van der Waals surface area contributed by atoms with Crippen LogP contribution in [0.15, 0.2) is 42.5 Å². The lowest BCUT2D eigenvalue weighted by Gasteiger charge is -2.18. The van der Waals surface area contributed by atoms with Crippen LogP contribution in [0.3, 0.4) is 0 Å². The summed E-state index contributed by atoms with van der Waals surface area (Å²) in [6, 6.07) is 12.5. The molecule has 126 valence electrons. The smallest absolute Gasteiger partial charge is 0.349 e. The first-order valence-corrected chi connectivity index (χ1v) is 7.75. The third-order valence-corrected chi connectivity index (χ3v) is 3.69. The molecule has 0 aliphatic carbocycles. The lowest BCUT2D eigenvalue weighted by atomic mass is 10.0. The number of methoxy groups -OCH3 is 1. The zero-order chi connectivity index (χ0) is 17.2. The van der Waals surface area contributed by atoms with Crippen LogP contribution in [-0.4, -0.2) is 25.3 Å². The molecule has 0 saturated carbocycles. The first kappa shape index (κ1) is 16.2. The average molecular weight is 328 g/mol. The predicted octanol–water partition coefficient (Wildman–Crippen LogP) is 3.39. The van der Waals surface area contributed by atoms with Crippen molar-refractivity contribution in [3.05, 3.63) is 48.0 Å². The molecule has 0 spiro atoms. The van der Waals surface area contributed by atoms with Crippen LogP contribution in [0.4, 0.5) is 0 Å². The van der Waals surface area contributed by atoms with Gasteiger partial charge in [-0.1, -0.05) is 12.1 Å². The molecule has 1 aliphatic heterocycles. The number of para-hydroxylation sites is 1. The van der Waals surface area contributed by atoms with Gasteiger partial charge in [0.25, 0.3) is 0 Å². The molecule has 1 heterocycles. The van der Waals surface area contributed by atoms with Gasteiger partial charge in [0.15, 0.2) is 18.1 Å². The van der Waals surface area contributed by atoms with E-state index < -0.39 is 5.97 Å². The van der Waals surface area contributed by atoms with Crippen LogP contribution >= 0.6 is 0 Å². The van der Waals surface area contributed by atoms with E-state index in [4.69, 9.17) is 18.9 Å². The highest BCUT2D eigenvalue weighted by molar-refractivity contribution is 5.74. The molecule has 0 atom stereocenters. The van der Waals surface area contributed by atoms with Gasteiger partial charge in [-0.25, -0.2) is 4.79 Å². The van der Waals surface area contributed by atoms with E-state index in [9.17, 15) is 4.79 Å². The third kappa shape index (κ3) is 3.62. The largest absolute Gasteiger partial charge is 0.497 e. The number of benzene rings is 2. The molecule has 2 aromatic rings. The highest BCUT2D eigenvalue weighted by Crippen LogP contribution is 2.41. The van der Waals surface area contributed by atoms with E-state index >= 15 is 0 Å². The number of hydrogen-bond donors (Lipinski definition) is 0. The summed E-state index contributed by atoms with van der Waals surface area (Å²) in [5.41, 5.74) is 0.826. The summed E-state index contributed by atoms with van der Waals surface area (Å²) in [4.78, 5) is 11.9. The molecule has 0 aromatic heterocycles. The predicted molar refractivity (Wildman–Crippen MR) is 89.0 cm³/mol. The molecule has 0 fully saturated rings. The Labute approximate surface area is 141 Å². The van der Waals surface area contributed by atoms with E-state index in [2.05, 4.69) is 0 Å². The summed E-state index contributed by atoms with van der Waals surface area (Å²) in [5.74, 6) is 1.94. The fraction of sp³-hybridized carbons (Fsp3) is 0.316. The number of rotatable bonds is 5. The molecular weight excluding hydrogens is 308 g/mol. The molecule has 0 saturated heterocycles. The van der Waals surface area contributed by atoms with Crippen molar-refractivity contribution in [3.8, 4) is 23.0 Å². The van der Waals surface area contributed by atoms with E-state index in [-0.39, 0.29) is 12.2 Å². The lowest BCUT2D eigenvalue weighted by Crippen LogP contribution is -2.25. The second kappa shape index (κ2) is 6.43. The first-order valence-electron chi connectivity index (χ1n) is 7.75. The minimum atomic E-state index is -0.477. The Balaban J connectivity index is 1.60. The van der Waals surface area contributed by atoms with E-state index in [1.54, 1.807) is 37.4 Å². The van der Waals surface area contributed by atoms with Crippen LogP contribution in [-0.2, 0) is 11.2 Å². The van der Waals surface area contributed by atoms with Crippen molar-refractivity contribution in [2.75, 3.05) is 13.7 Å². The Morgan fingerprint density at radius 2 is 1.83 bits per heavy atom. The van der Waals surface area contributed by atoms with Crippen LogP contribution in [0.1, 0.15) is 19.4 Å². The van der Waals surface area contributed by atoms with Gasteiger partial charge in [-0.2, -0.15) is 0 Å². The van der Waals surface area contributed by atoms with Crippen molar-refractivity contribution >= 4 is 5.97 Å². The highest BCUT2D eigenvalue weighted by Gasteiger charge is 2.32. The molecule has 0 amide bonds. The van der Waals surface area contributed by atoms with Gasteiger partial charge in [-0.05, 0) is 44.2 Å². The van der Waals surface area contributed by atoms with E-state index in [1.165, 1.54) is 0 Å². The summed E-state index contributed by atoms with van der Waals surface area (Å²) in [7, 11) is 1.58. The summed E-state index contributed by atoms with van der Waals surface area (Å²) < 4.78 is 21.8. The molecule has 0 radical (unpaired) electrons. The SMILES string of the molecule is COc1ccc(OC(=O)COc2cccc3c2OC(C)(C)C3)cc1. The van der Waals surface area contributed by atoms with Crippen molar-refractivity contribution in [1.82, 2.24) is 0 Å². The zero-order valence-corrected chi connectivity index (χ0v) is 14.0. The molecule has 0 unspecified atom stereocenters. The van der Waals surface area contributed by atoms with Crippen LogP contribution in [0, 0.1) is 0 Å². The fourth-order valence-electron chi connectivity index (χ4n) is 2.64. The fourth-order valence-corrected chi connectivity index (χ4v) is 2.64. The molecule has 2 aromatic carbocycles. The van der Waals surface area contributed by atoms with Crippen LogP contribution in [0.5, 0.6) is 23.0 Å². The van der Waals surface area contributed by atoms with Gasteiger partial charge in [-0.3, -0.25) is 0 Å². The van der Waals surface area contributed by atoms with Crippen molar-refractivity contribution in [1.29, 1.82) is 0 Å². The summed E-state index contributed by atoms with van der Waals surface area (Å²) in [6.45, 7) is 3.86. The normalized spacial score (nSPS) is 14.5. The maximum absolute atomic E-state index is 11.9. The van der Waals surface area contributed by atoms with Crippen LogP contribution < -0.4 is 18.9 Å². The number of hydrogen-bond acceptors (Lipinski definition) is 5. The highest BCUT2D eigenvalue weighted by atomic mass is 16.6. The molecule has 0 bridgehead atoms. The number of esters is 1. The minimum absolute atomic E-state index is 0.188. The van der Waals surface area contributed by atoms with Crippen molar-refractivity contribution in [2.45, 2.75) is 25.9 Å². The molecule has 5 nitrogen and oxygen atoms in total. The van der Waals surface area contributed by atoms with Crippen LogP contribution in [0.2, 0.25) is 0 Å².